The first-order valence-corrected chi connectivity index (χ1v) is 7.39. The third kappa shape index (κ3) is 2.56. The van der Waals surface area contributed by atoms with Crippen molar-refractivity contribution < 1.29 is 9.84 Å². The number of hydrogen-bond acceptors (Lipinski definition) is 4. The van der Waals surface area contributed by atoms with Crippen LogP contribution >= 0.6 is 11.3 Å². The molecule has 100 valence electrons. The van der Waals surface area contributed by atoms with Crippen LogP contribution in [-0.4, -0.2) is 28.4 Å². The summed E-state index contributed by atoms with van der Waals surface area (Å²) >= 11 is 1.61. The molecule has 2 unspecified atom stereocenters. The topological polar surface area (TPSA) is 42.4 Å². The normalized spacial score (nSPS) is 26.7. The van der Waals surface area contributed by atoms with Gasteiger partial charge in [0, 0.05) is 30.4 Å². The Hall–Kier alpha value is -1.23. The maximum Gasteiger partial charge on any atom is 0.0990 e. The number of rotatable bonds is 3. The lowest BCUT2D eigenvalue weighted by molar-refractivity contribution is -0.0268. The van der Waals surface area contributed by atoms with Crippen molar-refractivity contribution in [2.45, 2.75) is 31.5 Å². The van der Waals surface area contributed by atoms with Gasteiger partial charge in [-0.2, -0.15) is 0 Å². The van der Waals surface area contributed by atoms with Gasteiger partial charge >= 0.3 is 0 Å². The highest BCUT2D eigenvalue weighted by molar-refractivity contribution is 7.09. The maximum atomic E-state index is 10.5. The molecule has 1 aliphatic heterocycles. The first kappa shape index (κ1) is 12.8. The fourth-order valence-electron chi connectivity index (χ4n) is 2.40. The zero-order valence-corrected chi connectivity index (χ0v) is 11.7. The summed E-state index contributed by atoms with van der Waals surface area (Å²) < 4.78 is 5.46. The zero-order valence-electron chi connectivity index (χ0n) is 10.9. The van der Waals surface area contributed by atoms with E-state index < -0.39 is 5.60 Å². The summed E-state index contributed by atoms with van der Waals surface area (Å²) in [5.41, 5.74) is 1.34. The van der Waals surface area contributed by atoms with Crippen molar-refractivity contribution in [2.24, 2.45) is 0 Å². The summed E-state index contributed by atoms with van der Waals surface area (Å²) in [6, 6.07) is 10.1. The van der Waals surface area contributed by atoms with Crippen molar-refractivity contribution in [2.75, 3.05) is 6.61 Å². The van der Waals surface area contributed by atoms with Crippen LogP contribution in [0.3, 0.4) is 0 Å². The molecule has 2 atom stereocenters. The molecule has 0 amide bonds. The monoisotopic (exact) mass is 275 g/mol. The number of thiazole rings is 1. The molecule has 0 spiro atoms. The molecule has 0 bridgehead atoms. The number of ether oxygens (including phenoxy) is 1. The van der Waals surface area contributed by atoms with E-state index in [1.807, 2.05) is 25.1 Å². The Kier molecular flexibility index (Phi) is 3.39. The van der Waals surface area contributed by atoms with Gasteiger partial charge in [-0.1, -0.05) is 30.3 Å². The Morgan fingerprint density at radius 2 is 2.21 bits per heavy atom. The van der Waals surface area contributed by atoms with E-state index in [0.29, 0.717) is 19.4 Å². The van der Waals surface area contributed by atoms with E-state index in [9.17, 15) is 5.11 Å². The van der Waals surface area contributed by atoms with Gasteiger partial charge in [-0.15, -0.1) is 11.3 Å². The van der Waals surface area contributed by atoms with Gasteiger partial charge in [0.05, 0.1) is 22.4 Å². The maximum absolute atomic E-state index is 10.5. The highest BCUT2D eigenvalue weighted by Crippen LogP contribution is 2.31. The lowest BCUT2D eigenvalue weighted by Gasteiger charge is -2.24. The Labute approximate surface area is 116 Å². The number of benzene rings is 1. The molecule has 1 aromatic carbocycles. The van der Waals surface area contributed by atoms with Crippen molar-refractivity contribution in [3.05, 3.63) is 40.7 Å². The predicted octanol–water partition coefficient (Wildman–Crippen LogP) is 2.89. The third-order valence-electron chi connectivity index (χ3n) is 3.74. The lowest BCUT2D eigenvalue weighted by atomic mass is 9.93. The van der Waals surface area contributed by atoms with E-state index >= 15 is 0 Å². The average Bonchev–Trinajstić information content (AvgIpc) is 2.99. The molecule has 3 rings (SSSR count). The largest absolute Gasteiger partial charge is 0.387 e. The Bertz CT molecular complexity index is 554. The zero-order chi connectivity index (χ0) is 13.3. The van der Waals surface area contributed by atoms with Gasteiger partial charge in [0.1, 0.15) is 0 Å². The first-order valence-electron chi connectivity index (χ1n) is 6.51. The summed E-state index contributed by atoms with van der Waals surface area (Å²) in [4.78, 5) is 4.63. The van der Waals surface area contributed by atoms with Crippen LogP contribution in [-0.2, 0) is 11.2 Å². The van der Waals surface area contributed by atoms with Crippen LogP contribution in [0.15, 0.2) is 35.7 Å². The van der Waals surface area contributed by atoms with E-state index in [-0.39, 0.29) is 6.10 Å². The second kappa shape index (κ2) is 5.04. The molecule has 0 radical (unpaired) electrons. The van der Waals surface area contributed by atoms with Crippen LogP contribution in [0, 0.1) is 0 Å². The Morgan fingerprint density at radius 1 is 1.42 bits per heavy atom. The standard InChI is InChI=1S/C15H17NO2S/c1-11-15(17,7-8-18-11)9-14-16-13(10-19-14)12-5-3-2-4-6-12/h2-6,10-11,17H,7-9H2,1H3. The van der Waals surface area contributed by atoms with Crippen molar-refractivity contribution in [3.8, 4) is 11.3 Å². The third-order valence-corrected chi connectivity index (χ3v) is 4.59. The summed E-state index contributed by atoms with van der Waals surface area (Å²) in [5, 5.41) is 13.6. The van der Waals surface area contributed by atoms with Gasteiger partial charge in [-0.3, -0.25) is 0 Å². The minimum atomic E-state index is -0.758. The van der Waals surface area contributed by atoms with Crippen LogP contribution in [0.1, 0.15) is 18.4 Å². The summed E-state index contributed by atoms with van der Waals surface area (Å²) in [5.74, 6) is 0. The highest BCUT2D eigenvalue weighted by atomic mass is 32.1. The predicted molar refractivity (Wildman–Crippen MR) is 76.2 cm³/mol. The lowest BCUT2D eigenvalue weighted by Crippen LogP contribution is -2.38. The van der Waals surface area contributed by atoms with Crippen LogP contribution in [0.5, 0.6) is 0 Å². The molecular weight excluding hydrogens is 258 g/mol. The first-order chi connectivity index (χ1) is 9.17. The summed E-state index contributed by atoms with van der Waals surface area (Å²) in [6.45, 7) is 2.56. The molecule has 1 N–H and O–H groups in total. The SMILES string of the molecule is CC1OCCC1(O)Cc1nc(-c2ccccc2)cs1. The number of aliphatic hydroxyl groups is 1. The van der Waals surface area contributed by atoms with Crippen LogP contribution in [0.4, 0.5) is 0 Å². The smallest absolute Gasteiger partial charge is 0.0990 e. The molecule has 0 aliphatic carbocycles. The van der Waals surface area contributed by atoms with Gasteiger partial charge in [-0.25, -0.2) is 4.98 Å². The molecule has 19 heavy (non-hydrogen) atoms. The molecule has 4 heteroatoms. The highest BCUT2D eigenvalue weighted by Gasteiger charge is 2.40. The molecule has 2 aromatic rings. The number of aromatic nitrogens is 1. The van der Waals surface area contributed by atoms with Crippen LogP contribution in [0.2, 0.25) is 0 Å². The fourth-order valence-corrected chi connectivity index (χ4v) is 3.32. The Morgan fingerprint density at radius 3 is 2.89 bits per heavy atom. The van der Waals surface area contributed by atoms with E-state index in [2.05, 4.69) is 22.5 Å². The Balaban J connectivity index is 1.79. The van der Waals surface area contributed by atoms with Crippen molar-refractivity contribution in [1.82, 2.24) is 4.98 Å². The van der Waals surface area contributed by atoms with Crippen LogP contribution < -0.4 is 0 Å². The molecule has 1 fully saturated rings. The molecule has 1 saturated heterocycles. The molecule has 1 aliphatic rings. The molecular formula is C15H17NO2S. The van der Waals surface area contributed by atoms with Gasteiger partial charge in [-0.05, 0) is 6.92 Å². The fraction of sp³-hybridized carbons (Fsp3) is 0.400. The van der Waals surface area contributed by atoms with E-state index in [4.69, 9.17) is 4.74 Å². The van der Waals surface area contributed by atoms with Gasteiger partial charge in [0.25, 0.3) is 0 Å². The molecule has 2 heterocycles. The van der Waals surface area contributed by atoms with Crippen molar-refractivity contribution >= 4 is 11.3 Å². The van der Waals surface area contributed by atoms with E-state index in [1.54, 1.807) is 11.3 Å². The van der Waals surface area contributed by atoms with Gasteiger partial charge in [0.15, 0.2) is 0 Å². The van der Waals surface area contributed by atoms with Gasteiger partial charge < -0.3 is 9.84 Å². The number of hydrogen-bond donors (Lipinski definition) is 1. The van der Waals surface area contributed by atoms with Gasteiger partial charge in [0.2, 0.25) is 0 Å². The van der Waals surface area contributed by atoms with Crippen molar-refractivity contribution in [3.63, 3.8) is 0 Å². The van der Waals surface area contributed by atoms with E-state index in [1.165, 1.54) is 0 Å². The summed E-state index contributed by atoms with van der Waals surface area (Å²) in [6.07, 6.45) is 1.15. The minimum absolute atomic E-state index is 0.114. The second-order valence-electron chi connectivity index (χ2n) is 5.04. The number of nitrogens with zero attached hydrogens (tertiary/aromatic N) is 1. The minimum Gasteiger partial charge on any atom is -0.387 e. The van der Waals surface area contributed by atoms with Crippen LogP contribution in [0.25, 0.3) is 11.3 Å². The molecule has 0 saturated carbocycles. The second-order valence-corrected chi connectivity index (χ2v) is 5.98. The average molecular weight is 275 g/mol. The molecule has 3 nitrogen and oxygen atoms in total. The van der Waals surface area contributed by atoms with E-state index in [0.717, 1.165) is 16.3 Å². The molecule has 1 aromatic heterocycles. The summed E-state index contributed by atoms with van der Waals surface area (Å²) in [7, 11) is 0. The van der Waals surface area contributed by atoms with Crippen molar-refractivity contribution in [1.29, 1.82) is 0 Å². The quantitative estimate of drug-likeness (QED) is 0.936.